The van der Waals surface area contributed by atoms with E-state index in [9.17, 15) is 61.0 Å². The summed E-state index contributed by atoms with van der Waals surface area (Å²) >= 11 is 0. The number of phenols is 4. The van der Waals surface area contributed by atoms with E-state index in [0.29, 0.717) is 0 Å². The third-order valence-corrected chi connectivity index (χ3v) is 7.35. The fourth-order valence-electron chi connectivity index (χ4n) is 4.99. The van der Waals surface area contributed by atoms with Crippen LogP contribution < -0.4 is 10.2 Å². The minimum absolute atomic E-state index is 0.0599. The molecule has 2 aliphatic heterocycles. The van der Waals surface area contributed by atoms with Crippen molar-refractivity contribution in [1.29, 1.82) is 0 Å². The van der Waals surface area contributed by atoms with Crippen LogP contribution >= 0.6 is 0 Å². The summed E-state index contributed by atoms with van der Waals surface area (Å²) in [5, 5.41) is 111. The SMILES string of the molecule is O=c1c(O[C@@H]2O[C@@H](CO)[C@@H](O)[C@H](O[C@@H]3O[C@H](CO)[C@@H](O)[C@H](O)[C@H]3O)[C@H]2O)c(-c2ccc(O)c(O)c2)oc2cc(O)cc(O)c12. The van der Waals surface area contributed by atoms with E-state index in [1.54, 1.807) is 0 Å². The number of aromatic hydroxyl groups is 4. The van der Waals surface area contributed by atoms with Gasteiger partial charge < -0.3 is 79.5 Å². The second-order valence-electron chi connectivity index (χ2n) is 10.3. The average Bonchev–Trinajstić information content (AvgIpc) is 2.98. The lowest BCUT2D eigenvalue weighted by Crippen LogP contribution is -2.65. The molecule has 0 bridgehead atoms. The number of aliphatic hydroxyl groups excluding tert-OH is 7. The topological polar surface area (TPSA) is 290 Å². The molecule has 0 aliphatic carbocycles. The molecular weight excluding hydrogens is 596 g/mol. The number of hydrogen-bond acceptors (Lipinski definition) is 17. The van der Waals surface area contributed by atoms with Crippen molar-refractivity contribution < 1.29 is 79.5 Å². The Labute approximate surface area is 246 Å². The molecule has 0 radical (unpaired) electrons. The highest BCUT2D eigenvalue weighted by atomic mass is 16.7. The fourth-order valence-corrected chi connectivity index (χ4v) is 4.99. The van der Waals surface area contributed by atoms with Gasteiger partial charge in [0.1, 0.15) is 71.3 Å². The molecule has 240 valence electrons. The molecule has 2 aliphatic rings. The minimum atomic E-state index is -2.04. The van der Waals surface area contributed by atoms with E-state index in [0.717, 1.165) is 24.3 Å². The largest absolute Gasteiger partial charge is 0.508 e. The van der Waals surface area contributed by atoms with Crippen LogP contribution in [0.5, 0.6) is 28.7 Å². The molecule has 0 amide bonds. The molecule has 5 rings (SSSR count). The number of fused-ring (bicyclic) bond motifs is 1. The summed E-state index contributed by atoms with van der Waals surface area (Å²) in [6, 6.07) is 5.14. The van der Waals surface area contributed by atoms with Gasteiger partial charge in [0.15, 0.2) is 23.5 Å². The van der Waals surface area contributed by atoms with E-state index in [1.807, 2.05) is 0 Å². The Kier molecular flexibility index (Phi) is 8.87. The van der Waals surface area contributed by atoms with E-state index in [-0.39, 0.29) is 11.1 Å². The van der Waals surface area contributed by atoms with E-state index in [4.69, 9.17) is 23.4 Å². The van der Waals surface area contributed by atoms with Gasteiger partial charge in [0.25, 0.3) is 0 Å². The lowest BCUT2D eigenvalue weighted by Gasteiger charge is -2.45. The summed E-state index contributed by atoms with van der Waals surface area (Å²) in [5.74, 6) is -3.49. The quantitative estimate of drug-likeness (QED) is 0.119. The monoisotopic (exact) mass is 626 g/mol. The molecule has 0 spiro atoms. The van der Waals surface area contributed by atoms with Gasteiger partial charge in [-0.1, -0.05) is 0 Å². The van der Waals surface area contributed by atoms with Crippen LogP contribution in [0.2, 0.25) is 0 Å². The maximum absolute atomic E-state index is 13.6. The summed E-state index contributed by atoms with van der Waals surface area (Å²) < 4.78 is 27.8. The predicted molar refractivity (Wildman–Crippen MR) is 142 cm³/mol. The predicted octanol–water partition coefficient (Wildman–Crippen LogP) is -2.71. The van der Waals surface area contributed by atoms with Crippen molar-refractivity contribution in [3.05, 3.63) is 40.6 Å². The van der Waals surface area contributed by atoms with Crippen molar-refractivity contribution in [1.82, 2.24) is 0 Å². The normalized spacial score (nSPS) is 32.5. The lowest BCUT2D eigenvalue weighted by molar-refractivity contribution is -0.352. The molecule has 10 atom stereocenters. The Morgan fingerprint density at radius 3 is 2.02 bits per heavy atom. The molecular formula is C27H30O17. The Hall–Kier alpha value is -3.75. The molecule has 2 aromatic carbocycles. The van der Waals surface area contributed by atoms with Gasteiger partial charge in [0.05, 0.1) is 13.2 Å². The van der Waals surface area contributed by atoms with Crippen LogP contribution in [0.15, 0.2) is 39.5 Å². The van der Waals surface area contributed by atoms with Crippen LogP contribution in [-0.2, 0) is 14.2 Å². The van der Waals surface area contributed by atoms with Crippen LogP contribution in [0.4, 0.5) is 0 Å². The molecule has 0 saturated carbocycles. The Balaban J connectivity index is 1.55. The first-order chi connectivity index (χ1) is 20.9. The molecule has 17 nitrogen and oxygen atoms in total. The van der Waals surface area contributed by atoms with Gasteiger partial charge >= 0.3 is 0 Å². The van der Waals surface area contributed by atoms with Crippen LogP contribution in [-0.4, -0.2) is 131 Å². The highest BCUT2D eigenvalue weighted by Gasteiger charge is 2.51. The van der Waals surface area contributed by atoms with Gasteiger partial charge in [0.2, 0.25) is 17.5 Å². The maximum Gasteiger partial charge on any atom is 0.239 e. The van der Waals surface area contributed by atoms with Gasteiger partial charge in [0, 0.05) is 17.7 Å². The molecule has 17 heteroatoms. The molecule has 1 aromatic heterocycles. The number of ether oxygens (including phenoxy) is 4. The molecule has 2 fully saturated rings. The Morgan fingerprint density at radius 1 is 0.705 bits per heavy atom. The Morgan fingerprint density at radius 2 is 1.36 bits per heavy atom. The van der Waals surface area contributed by atoms with Gasteiger partial charge in [-0.2, -0.15) is 0 Å². The van der Waals surface area contributed by atoms with E-state index in [2.05, 4.69) is 0 Å². The second-order valence-corrected chi connectivity index (χ2v) is 10.3. The van der Waals surface area contributed by atoms with Gasteiger partial charge in [-0.15, -0.1) is 0 Å². The zero-order valence-electron chi connectivity index (χ0n) is 22.4. The second kappa shape index (κ2) is 12.3. The summed E-state index contributed by atoms with van der Waals surface area (Å²) in [5.41, 5.74) is -1.43. The van der Waals surface area contributed by atoms with Crippen molar-refractivity contribution in [2.24, 2.45) is 0 Å². The van der Waals surface area contributed by atoms with Gasteiger partial charge in [-0.3, -0.25) is 4.79 Å². The first kappa shape index (κ1) is 31.7. The van der Waals surface area contributed by atoms with Crippen LogP contribution in [0.1, 0.15) is 0 Å². The minimum Gasteiger partial charge on any atom is -0.508 e. The van der Waals surface area contributed by atoms with Crippen molar-refractivity contribution in [3.63, 3.8) is 0 Å². The third kappa shape index (κ3) is 5.61. The molecule has 44 heavy (non-hydrogen) atoms. The molecule has 0 unspecified atom stereocenters. The highest BCUT2D eigenvalue weighted by Crippen LogP contribution is 2.40. The molecule has 2 saturated heterocycles. The number of rotatable bonds is 7. The molecule has 3 heterocycles. The number of phenolic OH excluding ortho intramolecular Hbond substituents is 4. The first-order valence-corrected chi connectivity index (χ1v) is 13.2. The zero-order chi connectivity index (χ0) is 32.0. The number of benzene rings is 2. The van der Waals surface area contributed by atoms with Crippen LogP contribution in [0.25, 0.3) is 22.3 Å². The molecule has 11 N–H and O–H groups in total. The summed E-state index contributed by atoms with van der Waals surface area (Å²) in [6.45, 7) is -1.68. The summed E-state index contributed by atoms with van der Waals surface area (Å²) in [4.78, 5) is 13.6. The first-order valence-electron chi connectivity index (χ1n) is 13.2. The number of aliphatic hydroxyl groups is 7. The average molecular weight is 627 g/mol. The molecule has 3 aromatic rings. The van der Waals surface area contributed by atoms with E-state index < -0.39 is 120 Å². The zero-order valence-corrected chi connectivity index (χ0v) is 22.4. The van der Waals surface area contributed by atoms with Crippen molar-refractivity contribution in [2.75, 3.05) is 13.2 Å². The van der Waals surface area contributed by atoms with E-state index in [1.165, 1.54) is 6.07 Å². The van der Waals surface area contributed by atoms with Crippen molar-refractivity contribution in [2.45, 2.75) is 61.4 Å². The standard InChI is InChI=1S/C27H30O17/c28-6-14-17(34)20(37)21(38)26(41-14)43-24-18(35)15(7-29)42-27(22(24)39)44-25-19(36)16-12(33)4-9(30)5-13(16)40-23(25)8-1-2-10(31)11(32)3-8/h1-5,14-15,17-18,20-22,24,26-35,37-39H,6-7H2/t14-,15+,17-,18-,20+,21-,22-,24+,26+,27+/m1/s1. The van der Waals surface area contributed by atoms with Crippen LogP contribution in [0.3, 0.4) is 0 Å². The van der Waals surface area contributed by atoms with Crippen LogP contribution in [0, 0.1) is 0 Å². The summed E-state index contributed by atoms with van der Waals surface area (Å²) in [6.07, 6.45) is -17.9. The van der Waals surface area contributed by atoms with E-state index >= 15 is 0 Å². The van der Waals surface area contributed by atoms with Gasteiger partial charge in [-0.25, -0.2) is 0 Å². The highest BCUT2D eigenvalue weighted by molar-refractivity contribution is 5.88. The third-order valence-electron chi connectivity index (χ3n) is 7.35. The maximum atomic E-state index is 13.6. The number of hydrogen-bond donors (Lipinski definition) is 11. The Bertz CT molecular complexity index is 1560. The lowest BCUT2D eigenvalue weighted by atomic mass is 9.97. The fraction of sp³-hybridized carbons (Fsp3) is 0.444. The summed E-state index contributed by atoms with van der Waals surface area (Å²) in [7, 11) is 0. The smallest absolute Gasteiger partial charge is 0.239 e. The van der Waals surface area contributed by atoms with Gasteiger partial charge in [-0.05, 0) is 18.2 Å². The van der Waals surface area contributed by atoms with Crippen molar-refractivity contribution in [3.8, 4) is 40.1 Å². The van der Waals surface area contributed by atoms with Crippen molar-refractivity contribution >= 4 is 11.0 Å².